The van der Waals surface area contributed by atoms with E-state index in [1.807, 2.05) is 0 Å². The molecule has 0 saturated carbocycles. The molecule has 0 saturated heterocycles. The van der Waals surface area contributed by atoms with Crippen LogP contribution in [0, 0.1) is 0 Å². The van der Waals surface area contributed by atoms with Crippen molar-refractivity contribution in [3.05, 3.63) is 17.3 Å². The lowest BCUT2D eigenvalue weighted by atomic mass is 10.1. The Morgan fingerprint density at radius 1 is 1.69 bits per heavy atom. The van der Waals surface area contributed by atoms with Gasteiger partial charge in [-0.25, -0.2) is 13.8 Å². The van der Waals surface area contributed by atoms with Crippen molar-refractivity contribution in [2.45, 2.75) is 12.8 Å². The van der Waals surface area contributed by atoms with E-state index in [4.69, 9.17) is 10.8 Å². The Kier molecular flexibility index (Phi) is 3.60. The Bertz CT molecular complexity index is 410. The Labute approximate surface area is 89.9 Å². The Morgan fingerprint density at radius 3 is 2.75 bits per heavy atom. The SMILES string of the molecule is COc1c(C(F)F)cc(CC(=O)O)nc1N. The number of aromatic nitrogens is 1. The third kappa shape index (κ3) is 2.56. The smallest absolute Gasteiger partial charge is 0.309 e. The standard InChI is InChI=1S/C9H10F2N2O3/c1-16-7-5(8(10)11)2-4(3-6(14)15)13-9(7)12/h2,8H,3H2,1H3,(H2,12,13)(H,14,15). The molecule has 0 amide bonds. The number of ether oxygens (including phenoxy) is 1. The minimum atomic E-state index is -2.80. The van der Waals surface area contributed by atoms with Crippen molar-refractivity contribution >= 4 is 11.8 Å². The van der Waals surface area contributed by atoms with Crippen molar-refractivity contribution in [2.24, 2.45) is 0 Å². The highest BCUT2D eigenvalue weighted by Crippen LogP contribution is 2.33. The molecule has 0 aliphatic heterocycles. The summed E-state index contributed by atoms with van der Waals surface area (Å²) in [6.45, 7) is 0. The topological polar surface area (TPSA) is 85.4 Å². The van der Waals surface area contributed by atoms with Crippen molar-refractivity contribution in [2.75, 3.05) is 12.8 Å². The predicted molar refractivity (Wildman–Crippen MR) is 51.5 cm³/mol. The molecule has 0 aliphatic carbocycles. The van der Waals surface area contributed by atoms with E-state index in [0.29, 0.717) is 0 Å². The maximum Gasteiger partial charge on any atom is 0.309 e. The number of carboxylic acid groups (broad SMARTS) is 1. The molecule has 0 atom stereocenters. The molecular weight excluding hydrogens is 222 g/mol. The number of nitrogens with zero attached hydrogens (tertiary/aromatic N) is 1. The van der Waals surface area contributed by atoms with Gasteiger partial charge in [0.25, 0.3) is 6.43 Å². The number of carbonyl (C=O) groups is 1. The van der Waals surface area contributed by atoms with Crippen LogP contribution < -0.4 is 10.5 Å². The number of aliphatic carboxylic acids is 1. The molecule has 0 aromatic carbocycles. The summed E-state index contributed by atoms with van der Waals surface area (Å²) in [6.07, 6.45) is -3.26. The summed E-state index contributed by atoms with van der Waals surface area (Å²) in [5.41, 5.74) is 4.90. The second-order valence-corrected chi connectivity index (χ2v) is 2.99. The molecule has 16 heavy (non-hydrogen) atoms. The molecule has 88 valence electrons. The molecular formula is C9H10F2N2O3. The quantitative estimate of drug-likeness (QED) is 0.815. The molecule has 0 bridgehead atoms. The first-order chi connectivity index (χ1) is 7.45. The fourth-order valence-electron chi connectivity index (χ4n) is 1.26. The lowest BCUT2D eigenvalue weighted by molar-refractivity contribution is -0.136. The summed E-state index contributed by atoms with van der Waals surface area (Å²) >= 11 is 0. The summed E-state index contributed by atoms with van der Waals surface area (Å²) in [4.78, 5) is 14.1. The number of hydrogen-bond acceptors (Lipinski definition) is 4. The fraction of sp³-hybridized carbons (Fsp3) is 0.333. The molecule has 7 heteroatoms. The Hall–Kier alpha value is -1.92. The largest absolute Gasteiger partial charge is 0.492 e. The normalized spacial score (nSPS) is 10.5. The van der Waals surface area contributed by atoms with E-state index < -0.39 is 24.4 Å². The molecule has 1 heterocycles. The van der Waals surface area contributed by atoms with Gasteiger partial charge >= 0.3 is 5.97 Å². The van der Waals surface area contributed by atoms with Gasteiger partial charge < -0.3 is 15.6 Å². The summed E-state index contributed by atoms with van der Waals surface area (Å²) in [5, 5.41) is 8.51. The van der Waals surface area contributed by atoms with Gasteiger partial charge in [0.05, 0.1) is 24.8 Å². The van der Waals surface area contributed by atoms with E-state index in [0.717, 1.165) is 6.07 Å². The molecule has 3 N–H and O–H groups in total. The molecule has 1 rings (SSSR count). The monoisotopic (exact) mass is 232 g/mol. The number of nitrogen functional groups attached to an aromatic ring is 1. The number of pyridine rings is 1. The molecule has 1 aromatic heterocycles. The minimum Gasteiger partial charge on any atom is -0.492 e. The van der Waals surface area contributed by atoms with E-state index in [1.165, 1.54) is 7.11 Å². The van der Waals surface area contributed by atoms with Crippen LogP contribution in [0.25, 0.3) is 0 Å². The van der Waals surface area contributed by atoms with Crippen LogP contribution in [0.3, 0.4) is 0 Å². The van der Waals surface area contributed by atoms with Crippen LogP contribution in [-0.2, 0) is 11.2 Å². The van der Waals surface area contributed by atoms with Gasteiger partial charge in [0, 0.05) is 0 Å². The molecule has 5 nitrogen and oxygen atoms in total. The second kappa shape index (κ2) is 4.73. The van der Waals surface area contributed by atoms with Gasteiger partial charge in [-0.05, 0) is 6.07 Å². The molecule has 0 spiro atoms. The number of methoxy groups -OCH3 is 1. The molecule has 0 radical (unpaired) electrons. The highest BCUT2D eigenvalue weighted by molar-refractivity contribution is 5.70. The summed E-state index contributed by atoms with van der Waals surface area (Å²) in [6, 6.07) is 0.980. The zero-order valence-corrected chi connectivity index (χ0v) is 8.41. The van der Waals surface area contributed by atoms with Crippen molar-refractivity contribution in [1.82, 2.24) is 4.98 Å². The molecule has 1 aromatic rings. The van der Waals surface area contributed by atoms with Gasteiger partial charge in [0.1, 0.15) is 0 Å². The minimum absolute atomic E-state index is 0.0268. The number of anilines is 1. The molecule has 0 fully saturated rings. The lowest BCUT2D eigenvalue weighted by Crippen LogP contribution is -2.08. The van der Waals surface area contributed by atoms with Gasteiger partial charge in [0.15, 0.2) is 11.6 Å². The Balaban J connectivity index is 3.22. The van der Waals surface area contributed by atoms with Gasteiger partial charge in [-0.3, -0.25) is 4.79 Å². The molecule has 0 unspecified atom stereocenters. The first-order valence-corrected chi connectivity index (χ1v) is 4.29. The van der Waals surface area contributed by atoms with Crippen LogP contribution in [-0.4, -0.2) is 23.2 Å². The first-order valence-electron chi connectivity index (χ1n) is 4.29. The van der Waals surface area contributed by atoms with Crippen LogP contribution in [0.2, 0.25) is 0 Å². The maximum absolute atomic E-state index is 12.6. The van der Waals surface area contributed by atoms with E-state index in [1.54, 1.807) is 0 Å². The van der Waals surface area contributed by atoms with Crippen LogP contribution in [0.5, 0.6) is 5.75 Å². The average molecular weight is 232 g/mol. The Morgan fingerprint density at radius 2 is 2.31 bits per heavy atom. The second-order valence-electron chi connectivity index (χ2n) is 2.99. The number of hydrogen-bond donors (Lipinski definition) is 2. The fourth-order valence-corrected chi connectivity index (χ4v) is 1.26. The van der Waals surface area contributed by atoms with Gasteiger partial charge in [-0.15, -0.1) is 0 Å². The summed E-state index contributed by atoms with van der Waals surface area (Å²) in [7, 11) is 1.19. The number of nitrogens with two attached hydrogens (primary N) is 1. The van der Waals surface area contributed by atoms with E-state index in [-0.39, 0.29) is 17.3 Å². The van der Waals surface area contributed by atoms with Gasteiger partial charge in [0.2, 0.25) is 0 Å². The van der Waals surface area contributed by atoms with Crippen molar-refractivity contribution < 1.29 is 23.4 Å². The zero-order valence-electron chi connectivity index (χ0n) is 8.41. The highest BCUT2D eigenvalue weighted by Gasteiger charge is 2.19. The number of rotatable bonds is 4. The average Bonchev–Trinajstić information content (AvgIpc) is 2.15. The maximum atomic E-state index is 12.6. The van der Waals surface area contributed by atoms with E-state index in [9.17, 15) is 13.6 Å². The number of alkyl halides is 2. The van der Waals surface area contributed by atoms with Crippen LogP contribution in [0.4, 0.5) is 14.6 Å². The lowest BCUT2D eigenvalue weighted by Gasteiger charge is -2.11. The predicted octanol–water partition coefficient (Wildman–Crippen LogP) is 1.24. The van der Waals surface area contributed by atoms with Gasteiger partial charge in [-0.1, -0.05) is 0 Å². The summed E-state index contributed by atoms with van der Waals surface area (Å²) in [5.74, 6) is -1.63. The van der Waals surface area contributed by atoms with Crippen molar-refractivity contribution in [3.63, 3.8) is 0 Å². The van der Waals surface area contributed by atoms with Crippen molar-refractivity contribution in [3.8, 4) is 5.75 Å². The summed E-state index contributed by atoms with van der Waals surface area (Å²) < 4.78 is 29.9. The highest BCUT2D eigenvalue weighted by atomic mass is 19.3. The van der Waals surface area contributed by atoms with E-state index in [2.05, 4.69) is 9.72 Å². The van der Waals surface area contributed by atoms with E-state index >= 15 is 0 Å². The number of carboxylic acids is 1. The van der Waals surface area contributed by atoms with Crippen molar-refractivity contribution in [1.29, 1.82) is 0 Å². The third-order valence-electron chi connectivity index (χ3n) is 1.85. The first kappa shape index (κ1) is 12.2. The zero-order chi connectivity index (χ0) is 12.3. The van der Waals surface area contributed by atoms with Crippen LogP contribution >= 0.6 is 0 Å². The number of halogens is 2. The van der Waals surface area contributed by atoms with Crippen LogP contribution in [0.1, 0.15) is 17.7 Å². The van der Waals surface area contributed by atoms with Gasteiger partial charge in [-0.2, -0.15) is 0 Å². The van der Waals surface area contributed by atoms with Crippen LogP contribution in [0.15, 0.2) is 6.07 Å². The third-order valence-corrected chi connectivity index (χ3v) is 1.85. The molecule has 0 aliphatic rings.